The Morgan fingerprint density at radius 1 is 1.38 bits per heavy atom. The molecule has 21 heavy (non-hydrogen) atoms. The van der Waals surface area contributed by atoms with Crippen molar-refractivity contribution in [2.45, 2.75) is 25.3 Å². The molecule has 0 radical (unpaired) electrons. The molecule has 1 amide bonds. The highest BCUT2D eigenvalue weighted by Gasteiger charge is 2.33. The molecule has 0 atom stereocenters. The van der Waals surface area contributed by atoms with E-state index in [4.69, 9.17) is 5.11 Å². The number of nitrogens with zero attached hydrogens (tertiary/aromatic N) is 2. The fourth-order valence-electron chi connectivity index (χ4n) is 2.27. The first-order valence-electron chi connectivity index (χ1n) is 6.51. The van der Waals surface area contributed by atoms with Gasteiger partial charge in [0, 0.05) is 12.6 Å². The van der Waals surface area contributed by atoms with Gasteiger partial charge in [0.2, 0.25) is 0 Å². The molecule has 1 N–H and O–H groups in total. The SMILES string of the molecule is O=C(c1cc(F)c(F)cc1[N+](=O)[O-])N(CCO)C1CCC1. The minimum atomic E-state index is -1.38. The van der Waals surface area contributed by atoms with Crippen molar-refractivity contribution in [2.24, 2.45) is 0 Å². The number of hydrogen-bond acceptors (Lipinski definition) is 4. The molecule has 0 aliphatic heterocycles. The maximum absolute atomic E-state index is 13.3. The zero-order valence-corrected chi connectivity index (χ0v) is 11.1. The molecule has 8 heteroatoms. The Bertz CT molecular complexity index is 576. The molecule has 1 aromatic rings. The zero-order valence-electron chi connectivity index (χ0n) is 11.1. The lowest BCUT2D eigenvalue weighted by Gasteiger charge is -2.37. The van der Waals surface area contributed by atoms with Crippen molar-refractivity contribution in [3.63, 3.8) is 0 Å². The molecule has 0 saturated heterocycles. The molecule has 114 valence electrons. The minimum Gasteiger partial charge on any atom is -0.395 e. The molecule has 1 aromatic carbocycles. The van der Waals surface area contributed by atoms with Crippen molar-refractivity contribution in [2.75, 3.05) is 13.2 Å². The summed E-state index contributed by atoms with van der Waals surface area (Å²) in [6.45, 7) is -0.306. The van der Waals surface area contributed by atoms with Crippen LogP contribution >= 0.6 is 0 Å². The van der Waals surface area contributed by atoms with Crippen LogP contribution in [-0.2, 0) is 0 Å². The third kappa shape index (κ3) is 2.99. The third-order valence-corrected chi connectivity index (χ3v) is 3.58. The fourth-order valence-corrected chi connectivity index (χ4v) is 2.27. The molecule has 2 rings (SSSR count). The summed E-state index contributed by atoms with van der Waals surface area (Å²) in [5.74, 6) is -3.46. The van der Waals surface area contributed by atoms with Crippen molar-refractivity contribution >= 4 is 11.6 Å². The summed E-state index contributed by atoms with van der Waals surface area (Å²) in [4.78, 5) is 23.7. The van der Waals surface area contributed by atoms with Gasteiger partial charge in [-0.2, -0.15) is 0 Å². The van der Waals surface area contributed by atoms with Gasteiger partial charge in [0.05, 0.1) is 17.6 Å². The largest absolute Gasteiger partial charge is 0.395 e. The maximum atomic E-state index is 13.3. The molecular weight excluding hydrogens is 286 g/mol. The minimum absolute atomic E-state index is 0.000347. The summed E-state index contributed by atoms with van der Waals surface area (Å²) in [7, 11) is 0. The average molecular weight is 300 g/mol. The van der Waals surface area contributed by atoms with E-state index in [1.807, 2.05) is 0 Å². The molecule has 1 saturated carbocycles. The Labute approximate surface area is 119 Å². The highest BCUT2D eigenvalue weighted by atomic mass is 19.2. The van der Waals surface area contributed by atoms with Crippen LogP contribution in [0.5, 0.6) is 0 Å². The smallest absolute Gasteiger partial charge is 0.285 e. The standard InChI is InChI=1S/C13H14F2N2O4/c14-10-6-9(12(17(20)21)7-11(10)15)13(19)16(4-5-18)8-2-1-3-8/h6-8,18H,1-5H2. The average Bonchev–Trinajstić information content (AvgIpc) is 2.37. The first-order chi connectivity index (χ1) is 9.95. The molecule has 0 aromatic heterocycles. The van der Waals surface area contributed by atoms with Crippen LogP contribution in [-0.4, -0.2) is 40.0 Å². The molecule has 1 aliphatic carbocycles. The lowest BCUT2D eigenvalue weighted by molar-refractivity contribution is -0.385. The normalized spacial score (nSPS) is 14.6. The van der Waals surface area contributed by atoms with Crippen molar-refractivity contribution < 1.29 is 23.6 Å². The Kier molecular flexibility index (Phi) is 4.46. The van der Waals surface area contributed by atoms with Crippen LogP contribution in [0.3, 0.4) is 0 Å². The van der Waals surface area contributed by atoms with Gasteiger partial charge in [0.25, 0.3) is 11.6 Å². The van der Waals surface area contributed by atoms with E-state index in [9.17, 15) is 23.7 Å². The number of rotatable bonds is 5. The van der Waals surface area contributed by atoms with E-state index in [-0.39, 0.29) is 19.2 Å². The monoisotopic (exact) mass is 300 g/mol. The van der Waals surface area contributed by atoms with Gasteiger partial charge in [-0.05, 0) is 25.3 Å². The fraction of sp³-hybridized carbons (Fsp3) is 0.462. The summed E-state index contributed by atoms with van der Waals surface area (Å²) in [5, 5.41) is 19.9. The second kappa shape index (κ2) is 6.13. The molecule has 0 unspecified atom stereocenters. The van der Waals surface area contributed by atoms with E-state index in [1.165, 1.54) is 4.90 Å². The molecule has 1 aliphatic rings. The van der Waals surface area contributed by atoms with E-state index in [0.717, 1.165) is 19.3 Å². The summed E-state index contributed by atoms with van der Waals surface area (Å²) >= 11 is 0. The van der Waals surface area contributed by atoms with Crippen molar-refractivity contribution in [3.8, 4) is 0 Å². The molecule has 0 spiro atoms. The number of aliphatic hydroxyl groups is 1. The summed E-state index contributed by atoms with van der Waals surface area (Å²) < 4.78 is 26.4. The van der Waals surface area contributed by atoms with Gasteiger partial charge in [-0.3, -0.25) is 14.9 Å². The Morgan fingerprint density at radius 3 is 2.48 bits per heavy atom. The second-order valence-electron chi connectivity index (χ2n) is 4.85. The maximum Gasteiger partial charge on any atom is 0.285 e. The van der Waals surface area contributed by atoms with Gasteiger partial charge in [0.1, 0.15) is 5.56 Å². The Hall–Kier alpha value is -2.09. The lowest BCUT2D eigenvalue weighted by atomic mass is 9.91. The van der Waals surface area contributed by atoms with E-state index in [1.54, 1.807) is 0 Å². The lowest BCUT2D eigenvalue weighted by Crippen LogP contribution is -2.45. The zero-order chi connectivity index (χ0) is 15.6. The molecular formula is C13H14F2N2O4. The van der Waals surface area contributed by atoms with Gasteiger partial charge in [-0.15, -0.1) is 0 Å². The number of carbonyl (C=O) groups is 1. The van der Waals surface area contributed by atoms with Crippen LogP contribution in [0.2, 0.25) is 0 Å². The van der Waals surface area contributed by atoms with Crippen LogP contribution in [0.4, 0.5) is 14.5 Å². The highest BCUT2D eigenvalue weighted by Crippen LogP contribution is 2.29. The molecule has 1 fully saturated rings. The predicted octanol–water partition coefficient (Wildman–Crippen LogP) is 1.86. The quantitative estimate of drug-likeness (QED) is 0.664. The topological polar surface area (TPSA) is 83.7 Å². The van der Waals surface area contributed by atoms with Crippen LogP contribution in [0, 0.1) is 21.7 Å². The van der Waals surface area contributed by atoms with Crippen molar-refractivity contribution in [1.82, 2.24) is 4.90 Å². The second-order valence-corrected chi connectivity index (χ2v) is 4.85. The number of amides is 1. The Balaban J connectivity index is 2.40. The van der Waals surface area contributed by atoms with Gasteiger partial charge in [0.15, 0.2) is 11.6 Å². The van der Waals surface area contributed by atoms with Gasteiger partial charge in [-0.1, -0.05) is 0 Å². The van der Waals surface area contributed by atoms with E-state index < -0.39 is 33.7 Å². The summed E-state index contributed by atoms with van der Waals surface area (Å²) in [5.41, 5.74) is -1.28. The molecule has 6 nitrogen and oxygen atoms in total. The van der Waals surface area contributed by atoms with Crippen LogP contribution < -0.4 is 0 Å². The van der Waals surface area contributed by atoms with E-state index in [2.05, 4.69) is 0 Å². The van der Waals surface area contributed by atoms with E-state index in [0.29, 0.717) is 12.1 Å². The van der Waals surface area contributed by atoms with Gasteiger partial charge >= 0.3 is 0 Å². The number of halogens is 2. The van der Waals surface area contributed by atoms with Crippen LogP contribution in [0.25, 0.3) is 0 Å². The van der Waals surface area contributed by atoms with Crippen molar-refractivity contribution in [3.05, 3.63) is 39.4 Å². The van der Waals surface area contributed by atoms with Gasteiger partial charge in [-0.25, -0.2) is 8.78 Å². The van der Waals surface area contributed by atoms with E-state index >= 15 is 0 Å². The van der Waals surface area contributed by atoms with Crippen molar-refractivity contribution in [1.29, 1.82) is 0 Å². The first-order valence-corrected chi connectivity index (χ1v) is 6.51. The third-order valence-electron chi connectivity index (χ3n) is 3.58. The summed E-state index contributed by atoms with van der Waals surface area (Å²) in [6, 6.07) is 0.816. The predicted molar refractivity (Wildman–Crippen MR) is 68.8 cm³/mol. The Morgan fingerprint density at radius 2 is 2.00 bits per heavy atom. The number of nitro groups is 1. The van der Waals surface area contributed by atoms with Gasteiger partial charge < -0.3 is 10.0 Å². The number of hydrogen-bond donors (Lipinski definition) is 1. The number of nitro benzene ring substituents is 1. The number of benzene rings is 1. The molecule has 0 bridgehead atoms. The number of aliphatic hydroxyl groups excluding tert-OH is 1. The highest BCUT2D eigenvalue weighted by molar-refractivity contribution is 5.98. The first kappa shape index (κ1) is 15.3. The van der Waals surface area contributed by atoms with Crippen LogP contribution in [0.1, 0.15) is 29.6 Å². The molecule has 0 heterocycles. The van der Waals surface area contributed by atoms with Crippen LogP contribution in [0.15, 0.2) is 12.1 Å². The summed E-state index contributed by atoms with van der Waals surface area (Å²) in [6.07, 6.45) is 2.37. The number of carbonyl (C=O) groups excluding carboxylic acids is 1.